The number of nitrogens with zero attached hydrogens (tertiary/aromatic N) is 2. The van der Waals surface area contributed by atoms with Gasteiger partial charge in [0.25, 0.3) is 0 Å². The number of carbonyl (C=O) groups is 4. The van der Waals surface area contributed by atoms with Gasteiger partial charge in [-0.25, -0.2) is 4.79 Å². The summed E-state index contributed by atoms with van der Waals surface area (Å²) >= 11 is 0. The van der Waals surface area contributed by atoms with Crippen LogP contribution in [-0.4, -0.2) is 105 Å². The third-order valence-electron chi connectivity index (χ3n) is 9.35. The Balaban J connectivity index is 2.22. The van der Waals surface area contributed by atoms with E-state index in [0.717, 1.165) is 18.4 Å². The first-order valence-corrected chi connectivity index (χ1v) is 16.1. The Kier molecular flexibility index (Phi) is 15.4. The molecule has 1 aliphatic rings. The highest BCUT2D eigenvalue weighted by atomic mass is 16.5. The molecule has 0 radical (unpaired) electrons. The lowest BCUT2D eigenvalue weighted by molar-refractivity contribution is -0.148. The summed E-state index contributed by atoms with van der Waals surface area (Å²) in [5.41, 5.74) is 7.10. The Morgan fingerprint density at radius 2 is 1.69 bits per heavy atom. The molecule has 2 rings (SSSR count). The second kappa shape index (κ2) is 18.2. The lowest BCUT2D eigenvalue weighted by Crippen LogP contribution is -2.56. The third kappa shape index (κ3) is 9.98. The normalized spacial score (nSPS) is 19.6. The van der Waals surface area contributed by atoms with Gasteiger partial charge in [0.1, 0.15) is 6.04 Å². The molecule has 0 aliphatic carbocycles. The van der Waals surface area contributed by atoms with Crippen LogP contribution in [0, 0.1) is 17.8 Å². The number of nitrogens with one attached hydrogen (secondary N) is 1. The van der Waals surface area contributed by atoms with E-state index in [9.17, 15) is 19.2 Å². The number of hydrogen-bond donors (Lipinski definition) is 2. The average Bonchev–Trinajstić information content (AvgIpc) is 3.52. The molecule has 8 atom stereocenters. The molecule has 0 aromatic heterocycles. The van der Waals surface area contributed by atoms with Crippen molar-refractivity contribution in [2.75, 3.05) is 34.9 Å². The van der Waals surface area contributed by atoms with Gasteiger partial charge in [0.2, 0.25) is 17.7 Å². The van der Waals surface area contributed by atoms with Crippen molar-refractivity contribution >= 4 is 23.7 Å². The van der Waals surface area contributed by atoms with Gasteiger partial charge in [-0.05, 0) is 30.2 Å². The van der Waals surface area contributed by atoms with E-state index in [1.807, 2.05) is 58.0 Å². The molecular weight excluding hydrogens is 576 g/mol. The Labute approximate surface area is 269 Å². The Morgan fingerprint density at radius 3 is 2.22 bits per heavy atom. The van der Waals surface area contributed by atoms with Gasteiger partial charge in [0.05, 0.1) is 49.8 Å². The molecule has 1 aromatic carbocycles. The van der Waals surface area contributed by atoms with Gasteiger partial charge in [-0.3, -0.25) is 14.4 Å². The summed E-state index contributed by atoms with van der Waals surface area (Å²) in [5, 5.41) is 2.85. The first kappa shape index (κ1) is 38.2. The van der Waals surface area contributed by atoms with Gasteiger partial charge in [0, 0.05) is 34.2 Å². The number of ether oxygens (including phenoxy) is 3. The van der Waals surface area contributed by atoms with Crippen molar-refractivity contribution in [3.05, 3.63) is 35.9 Å². The fraction of sp³-hybridized carbons (Fsp3) is 0.706. The second-order valence-corrected chi connectivity index (χ2v) is 12.6. The van der Waals surface area contributed by atoms with Crippen molar-refractivity contribution in [2.45, 2.75) is 103 Å². The zero-order valence-electron chi connectivity index (χ0n) is 28.7. The summed E-state index contributed by atoms with van der Waals surface area (Å²) in [6.45, 7) is 10.2. The van der Waals surface area contributed by atoms with Crippen molar-refractivity contribution in [1.29, 1.82) is 0 Å². The van der Waals surface area contributed by atoms with Crippen LogP contribution in [-0.2, 0) is 39.8 Å². The van der Waals surface area contributed by atoms with E-state index in [1.165, 1.54) is 14.2 Å². The number of likely N-dealkylation sites (tertiary alicyclic amines) is 1. The highest BCUT2D eigenvalue weighted by Crippen LogP contribution is 2.29. The zero-order valence-corrected chi connectivity index (χ0v) is 28.7. The molecule has 3 amide bonds. The Morgan fingerprint density at radius 1 is 1.04 bits per heavy atom. The summed E-state index contributed by atoms with van der Waals surface area (Å²) in [6, 6.07) is 7.18. The van der Waals surface area contributed by atoms with Crippen LogP contribution in [0.5, 0.6) is 0 Å². The average molecular weight is 633 g/mol. The van der Waals surface area contributed by atoms with Crippen LogP contribution in [0.2, 0.25) is 0 Å². The van der Waals surface area contributed by atoms with E-state index in [4.69, 9.17) is 19.9 Å². The molecule has 0 bridgehead atoms. The third-order valence-corrected chi connectivity index (χ3v) is 9.35. The molecule has 0 saturated carbocycles. The van der Waals surface area contributed by atoms with Crippen LogP contribution in [0.4, 0.5) is 0 Å². The fourth-order valence-corrected chi connectivity index (χ4v) is 6.31. The Hall–Kier alpha value is -3.02. The number of nitrogens with two attached hydrogens (primary N) is 1. The molecule has 1 fully saturated rings. The predicted molar refractivity (Wildman–Crippen MR) is 173 cm³/mol. The molecule has 254 valence electrons. The lowest BCUT2D eigenvalue weighted by atomic mass is 9.89. The van der Waals surface area contributed by atoms with Gasteiger partial charge in [-0.2, -0.15) is 0 Å². The predicted octanol–water partition coefficient (Wildman–Crippen LogP) is 2.79. The van der Waals surface area contributed by atoms with Crippen molar-refractivity contribution in [2.24, 2.45) is 23.5 Å². The van der Waals surface area contributed by atoms with E-state index in [2.05, 4.69) is 5.32 Å². The first-order chi connectivity index (χ1) is 21.3. The topological polar surface area (TPSA) is 141 Å². The maximum absolute atomic E-state index is 13.9. The molecule has 1 heterocycles. The van der Waals surface area contributed by atoms with Gasteiger partial charge in [-0.1, -0.05) is 71.4 Å². The smallest absolute Gasteiger partial charge is 0.328 e. The summed E-state index contributed by atoms with van der Waals surface area (Å²) in [7, 11) is 6.12. The van der Waals surface area contributed by atoms with E-state index in [0.29, 0.717) is 13.0 Å². The largest absolute Gasteiger partial charge is 0.467 e. The number of rotatable bonds is 17. The molecular formula is C34H56N4O7. The summed E-state index contributed by atoms with van der Waals surface area (Å²) in [6.07, 6.45) is 1.40. The molecule has 45 heavy (non-hydrogen) atoms. The van der Waals surface area contributed by atoms with Gasteiger partial charge >= 0.3 is 5.97 Å². The number of hydrogen-bond acceptors (Lipinski definition) is 8. The van der Waals surface area contributed by atoms with Crippen LogP contribution in [0.15, 0.2) is 30.3 Å². The minimum atomic E-state index is -0.866. The molecule has 0 spiro atoms. The molecule has 3 N–H and O–H groups in total. The molecule has 1 saturated heterocycles. The minimum absolute atomic E-state index is 0.0306. The van der Waals surface area contributed by atoms with Gasteiger partial charge in [-0.15, -0.1) is 0 Å². The highest BCUT2D eigenvalue weighted by Gasteiger charge is 2.42. The monoisotopic (exact) mass is 632 g/mol. The van der Waals surface area contributed by atoms with Crippen LogP contribution >= 0.6 is 0 Å². The molecule has 11 nitrogen and oxygen atoms in total. The summed E-state index contributed by atoms with van der Waals surface area (Å²) in [4.78, 5) is 56.6. The molecule has 11 heteroatoms. The second-order valence-electron chi connectivity index (χ2n) is 12.6. The van der Waals surface area contributed by atoms with Crippen LogP contribution < -0.4 is 11.1 Å². The Bertz CT molecular complexity index is 1100. The minimum Gasteiger partial charge on any atom is -0.467 e. The van der Waals surface area contributed by atoms with Gasteiger partial charge in [0.15, 0.2) is 0 Å². The summed E-state index contributed by atoms with van der Waals surface area (Å²) < 4.78 is 16.7. The maximum Gasteiger partial charge on any atom is 0.328 e. The molecule has 3 unspecified atom stereocenters. The number of benzene rings is 1. The number of esters is 1. The molecule has 1 aliphatic heterocycles. The number of methoxy groups -OCH3 is 3. The summed E-state index contributed by atoms with van der Waals surface area (Å²) in [5.74, 6) is -1.84. The number of carbonyl (C=O) groups excluding carboxylic acids is 4. The zero-order chi connectivity index (χ0) is 33.8. The lowest BCUT2D eigenvalue weighted by Gasteiger charge is -2.40. The van der Waals surface area contributed by atoms with Crippen molar-refractivity contribution in [3.63, 3.8) is 0 Å². The van der Waals surface area contributed by atoms with Crippen LogP contribution in [0.3, 0.4) is 0 Å². The van der Waals surface area contributed by atoms with E-state index < -0.39 is 36.2 Å². The highest BCUT2D eigenvalue weighted by molar-refractivity contribution is 5.86. The maximum atomic E-state index is 13.9. The molecule has 1 aromatic rings. The fourth-order valence-electron chi connectivity index (χ4n) is 6.31. The van der Waals surface area contributed by atoms with E-state index >= 15 is 0 Å². The van der Waals surface area contributed by atoms with Crippen molar-refractivity contribution < 1.29 is 33.4 Å². The quantitative estimate of drug-likeness (QED) is 0.250. The van der Waals surface area contributed by atoms with Crippen LogP contribution in [0.25, 0.3) is 0 Å². The number of amides is 3. The van der Waals surface area contributed by atoms with Crippen molar-refractivity contribution in [1.82, 2.24) is 15.1 Å². The van der Waals surface area contributed by atoms with Crippen molar-refractivity contribution in [3.8, 4) is 0 Å². The standard InChI is InChI=1S/C34H56N4O7/c1-10-22(4)30(37(6)33(41)29(35)21(2)3)27(43-7)20-28(39)38-18-14-17-26(38)31(44-8)23(5)32(40)36-25(34(42)45-9)19-24-15-12-11-13-16-24/h11-13,15-16,21-23,25-27,29-31H,10,14,17-20,35H2,1-9H3,(H,36,40)/t22-,23?,25?,26-,27+,29-,30-,31?/m0/s1. The van der Waals surface area contributed by atoms with Gasteiger partial charge < -0.3 is 35.1 Å². The first-order valence-electron chi connectivity index (χ1n) is 16.1. The SMILES string of the molecule is CC[C@H](C)[C@@H]([C@@H](CC(=O)N1CCC[C@H]1C(OC)C(C)C(=O)NC(Cc1ccccc1)C(=O)OC)OC)N(C)C(=O)[C@@H](N)C(C)C. The van der Waals surface area contributed by atoms with Crippen LogP contribution in [0.1, 0.15) is 65.9 Å². The van der Waals surface area contributed by atoms with E-state index in [-0.39, 0.29) is 54.5 Å². The number of likely N-dealkylation sites (N-methyl/N-ethyl adjacent to an activating group) is 1. The van der Waals surface area contributed by atoms with E-state index in [1.54, 1.807) is 30.9 Å².